The Bertz CT molecular complexity index is 528. The van der Waals surface area contributed by atoms with Crippen molar-refractivity contribution in [2.75, 3.05) is 26.3 Å². The SMILES string of the molecule is CC(C)C.CC(C)C1CCN(C=O)CC1.CC1(Oc2ccccc2)CCOCC1. The molecule has 2 aliphatic rings. The van der Waals surface area contributed by atoms with Gasteiger partial charge in [-0.05, 0) is 49.7 Å². The van der Waals surface area contributed by atoms with Gasteiger partial charge in [-0.3, -0.25) is 4.79 Å². The maximum Gasteiger partial charge on any atom is 0.209 e. The maximum absolute atomic E-state index is 10.4. The van der Waals surface area contributed by atoms with Crippen molar-refractivity contribution in [3.63, 3.8) is 0 Å². The van der Waals surface area contributed by atoms with Crippen LogP contribution in [-0.2, 0) is 9.53 Å². The van der Waals surface area contributed by atoms with Crippen molar-refractivity contribution < 1.29 is 14.3 Å². The van der Waals surface area contributed by atoms with Crippen LogP contribution in [0.1, 0.15) is 67.2 Å². The standard InChI is InChI=1S/C12H16O2.C9H17NO.C4H10/c1-12(7-9-13-10-8-12)14-11-5-3-2-4-6-11;1-8(2)9-3-5-10(7-11)6-4-9;1-4(2)3/h2-6H,7-10H2,1H3;7-9H,3-6H2,1-2H3;4H,1-3H3. The van der Waals surface area contributed by atoms with E-state index in [-0.39, 0.29) is 5.60 Å². The Kier molecular flexibility index (Phi) is 12.0. The average Bonchev–Trinajstić information content (AvgIpc) is 2.69. The number of likely N-dealkylation sites (tertiary alicyclic amines) is 1. The summed E-state index contributed by atoms with van der Waals surface area (Å²) in [6.07, 6.45) is 5.30. The molecule has 4 heteroatoms. The number of carbonyl (C=O) groups is 1. The molecule has 0 spiro atoms. The zero-order valence-corrected chi connectivity index (χ0v) is 19.5. The Hall–Kier alpha value is -1.55. The molecule has 0 N–H and O–H groups in total. The van der Waals surface area contributed by atoms with E-state index < -0.39 is 0 Å². The number of hydrogen-bond acceptors (Lipinski definition) is 3. The van der Waals surface area contributed by atoms with Crippen LogP contribution in [0.5, 0.6) is 5.75 Å². The Labute approximate surface area is 179 Å². The van der Waals surface area contributed by atoms with Gasteiger partial charge in [0, 0.05) is 25.9 Å². The summed E-state index contributed by atoms with van der Waals surface area (Å²) in [5.41, 5.74) is -0.0421. The summed E-state index contributed by atoms with van der Waals surface area (Å²) in [5.74, 6) is 3.41. The molecule has 1 amide bonds. The van der Waals surface area contributed by atoms with Gasteiger partial charge in [-0.1, -0.05) is 52.8 Å². The molecule has 3 rings (SSSR count). The Morgan fingerprint density at radius 3 is 2.00 bits per heavy atom. The van der Waals surface area contributed by atoms with Gasteiger partial charge in [-0.15, -0.1) is 0 Å². The summed E-state index contributed by atoms with van der Waals surface area (Å²) in [6.45, 7) is 16.7. The minimum absolute atomic E-state index is 0.0421. The highest BCUT2D eigenvalue weighted by molar-refractivity contribution is 5.47. The highest BCUT2D eigenvalue weighted by atomic mass is 16.5. The van der Waals surface area contributed by atoms with E-state index in [1.165, 1.54) is 12.8 Å². The lowest BCUT2D eigenvalue weighted by Gasteiger charge is -2.34. The molecule has 0 aromatic heterocycles. The van der Waals surface area contributed by atoms with Crippen LogP contribution < -0.4 is 4.74 Å². The highest BCUT2D eigenvalue weighted by Gasteiger charge is 2.29. The second-order valence-electron chi connectivity index (χ2n) is 9.43. The zero-order valence-electron chi connectivity index (χ0n) is 19.5. The number of amides is 1. The van der Waals surface area contributed by atoms with E-state index >= 15 is 0 Å². The molecule has 2 aliphatic heterocycles. The number of piperidine rings is 1. The molecule has 2 fully saturated rings. The number of para-hydroxylation sites is 1. The molecule has 29 heavy (non-hydrogen) atoms. The van der Waals surface area contributed by atoms with Crippen LogP contribution in [0, 0.1) is 17.8 Å². The molecule has 0 atom stereocenters. The molecule has 0 radical (unpaired) electrons. The van der Waals surface area contributed by atoms with E-state index in [1.807, 2.05) is 35.2 Å². The van der Waals surface area contributed by atoms with Crippen molar-refractivity contribution >= 4 is 6.41 Å². The quantitative estimate of drug-likeness (QED) is 0.594. The van der Waals surface area contributed by atoms with Gasteiger partial charge in [0.1, 0.15) is 11.4 Å². The Morgan fingerprint density at radius 2 is 1.55 bits per heavy atom. The summed E-state index contributed by atoms with van der Waals surface area (Å²) < 4.78 is 11.3. The fourth-order valence-electron chi connectivity index (χ4n) is 3.37. The summed E-state index contributed by atoms with van der Waals surface area (Å²) in [7, 11) is 0. The van der Waals surface area contributed by atoms with Gasteiger partial charge in [0.15, 0.2) is 0 Å². The first-order chi connectivity index (χ1) is 13.8. The largest absolute Gasteiger partial charge is 0.487 e. The van der Waals surface area contributed by atoms with Crippen LogP contribution in [0.2, 0.25) is 0 Å². The van der Waals surface area contributed by atoms with Gasteiger partial charge in [0.2, 0.25) is 6.41 Å². The molecule has 2 saturated heterocycles. The highest BCUT2D eigenvalue weighted by Crippen LogP contribution is 2.27. The predicted molar refractivity (Wildman–Crippen MR) is 121 cm³/mol. The van der Waals surface area contributed by atoms with Crippen molar-refractivity contribution in [3.05, 3.63) is 30.3 Å². The van der Waals surface area contributed by atoms with Crippen LogP contribution in [0.15, 0.2) is 30.3 Å². The predicted octanol–water partition coefficient (Wildman–Crippen LogP) is 5.81. The second-order valence-corrected chi connectivity index (χ2v) is 9.43. The molecule has 0 bridgehead atoms. The zero-order chi connectivity index (χ0) is 21.7. The Morgan fingerprint density at radius 1 is 1.03 bits per heavy atom. The second kappa shape index (κ2) is 13.6. The molecule has 0 saturated carbocycles. The van der Waals surface area contributed by atoms with E-state index in [2.05, 4.69) is 41.5 Å². The molecule has 1 aromatic rings. The van der Waals surface area contributed by atoms with Gasteiger partial charge in [-0.2, -0.15) is 0 Å². The Balaban J connectivity index is 0.000000251. The van der Waals surface area contributed by atoms with Crippen LogP contribution >= 0.6 is 0 Å². The number of carbonyl (C=O) groups excluding carboxylic acids is 1. The average molecular weight is 406 g/mol. The first kappa shape index (κ1) is 25.5. The lowest BCUT2D eigenvalue weighted by Crippen LogP contribution is -2.38. The van der Waals surface area contributed by atoms with Gasteiger partial charge in [0.05, 0.1) is 13.2 Å². The minimum Gasteiger partial charge on any atom is -0.487 e. The minimum atomic E-state index is -0.0421. The number of nitrogens with zero attached hydrogens (tertiary/aromatic N) is 1. The first-order valence-electron chi connectivity index (χ1n) is 11.3. The first-order valence-corrected chi connectivity index (χ1v) is 11.3. The molecule has 0 unspecified atom stereocenters. The van der Waals surface area contributed by atoms with Crippen molar-refractivity contribution in [1.82, 2.24) is 4.90 Å². The lowest BCUT2D eigenvalue weighted by atomic mass is 9.87. The molecule has 0 aliphatic carbocycles. The van der Waals surface area contributed by atoms with E-state index in [4.69, 9.17) is 9.47 Å². The lowest BCUT2D eigenvalue weighted by molar-refractivity contribution is -0.119. The van der Waals surface area contributed by atoms with Crippen molar-refractivity contribution in [2.24, 2.45) is 17.8 Å². The van der Waals surface area contributed by atoms with E-state index in [0.717, 1.165) is 69.1 Å². The van der Waals surface area contributed by atoms with Crippen LogP contribution in [0.25, 0.3) is 0 Å². The van der Waals surface area contributed by atoms with Crippen molar-refractivity contribution in [1.29, 1.82) is 0 Å². The van der Waals surface area contributed by atoms with Crippen molar-refractivity contribution in [3.8, 4) is 5.75 Å². The van der Waals surface area contributed by atoms with Gasteiger partial charge >= 0.3 is 0 Å². The number of hydrogen-bond donors (Lipinski definition) is 0. The van der Waals surface area contributed by atoms with E-state index in [1.54, 1.807) is 0 Å². The molecular formula is C25H43NO3. The molecule has 2 heterocycles. The molecular weight excluding hydrogens is 362 g/mol. The smallest absolute Gasteiger partial charge is 0.209 e. The van der Waals surface area contributed by atoms with Gasteiger partial charge in [0.25, 0.3) is 0 Å². The monoisotopic (exact) mass is 405 g/mol. The number of ether oxygens (including phenoxy) is 2. The third-order valence-corrected chi connectivity index (χ3v) is 5.32. The molecule has 4 nitrogen and oxygen atoms in total. The number of rotatable bonds is 4. The molecule has 166 valence electrons. The number of benzene rings is 1. The maximum atomic E-state index is 10.4. The summed E-state index contributed by atoms with van der Waals surface area (Å²) in [4.78, 5) is 12.2. The molecule has 1 aromatic carbocycles. The van der Waals surface area contributed by atoms with E-state index in [9.17, 15) is 4.79 Å². The van der Waals surface area contributed by atoms with Crippen LogP contribution in [0.3, 0.4) is 0 Å². The van der Waals surface area contributed by atoms with Crippen LogP contribution in [-0.4, -0.2) is 43.2 Å². The summed E-state index contributed by atoms with van der Waals surface area (Å²) in [5, 5.41) is 0. The normalized spacial score (nSPS) is 19.0. The summed E-state index contributed by atoms with van der Waals surface area (Å²) >= 11 is 0. The third-order valence-electron chi connectivity index (χ3n) is 5.32. The van der Waals surface area contributed by atoms with Crippen molar-refractivity contribution in [2.45, 2.75) is 72.8 Å². The van der Waals surface area contributed by atoms with E-state index in [0.29, 0.717) is 0 Å². The van der Waals surface area contributed by atoms with Gasteiger partial charge < -0.3 is 14.4 Å². The topological polar surface area (TPSA) is 38.8 Å². The third kappa shape index (κ3) is 11.3. The fraction of sp³-hybridized carbons (Fsp3) is 0.720. The van der Waals surface area contributed by atoms with Gasteiger partial charge in [-0.25, -0.2) is 0 Å². The van der Waals surface area contributed by atoms with Crippen LogP contribution in [0.4, 0.5) is 0 Å². The summed E-state index contributed by atoms with van der Waals surface area (Å²) in [6, 6.07) is 10.00. The fourth-order valence-corrected chi connectivity index (χ4v) is 3.37.